The van der Waals surface area contributed by atoms with Gasteiger partial charge in [-0.15, -0.1) is 0 Å². The predicted molar refractivity (Wildman–Crippen MR) is 133 cm³/mol. The van der Waals surface area contributed by atoms with Crippen molar-refractivity contribution in [2.45, 2.75) is 70.1 Å². The summed E-state index contributed by atoms with van der Waals surface area (Å²) in [6.07, 6.45) is 4.17. The molecular weight excluding hydrogens is 464 g/mol. The van der Waals surface area contributed by atoms with Crippen molar-refractivity contribution in [2.75, 3.05) is 24.5 Å². The molecule has 2 amide bonds. The Kier molecular flexibility index (Phi) is 8.63. The number of rotatable bonds is 13. The number of carbonyl (C=O) groups excluding carboxylic acids is 5. The van der Waals surface area contributed by atoms with Crippen molar-refractivity contribution in [3.05, 3.63) is 29.3 Å². The van der Waals surface area contributed by atoms with E-state index in [1.165, 1.54) is 4.90 Å². The highest BCUT2D eigenvalue weighted by Crippen LogP contribution is 2.47. The van der Waals surface area contributed by atoms with Gasteiger partial charge in [0.15, 0.2) is 0 Å². The summed E-state index contributed by atoms with van der Waals surface area (Å²) >= 11 is 0. The zero-order chi connectivity index (χ0) is 26.5. The number of nitrogens with two attached hydrogens (primary N) is 1. The van der Waals surface area contributed by atoms with Gasteiger partial charge in [0, 0.05) is 18.9 Å². The molecule has 3 rings (SSSR count). The Morgan fingerprint density at radius 1 is 1.19 bits per heavy atom. The van der Waals surface area contributed by atoms with Gasteiger partial charge in [0.1, 0.15) is 23.7 Å². The molecular formula is C26H36N4O6. The molecule has 2 aliphatic heterocycles. The van der Waals surface area contributed by atoms with Crippen LogP contribution in [0, 0.1) is 5.92 Å². The van der Waals surface area contributed by atoms with E-state index in [-0.39, 0.29) is 31.3 Å². The van der Waals surface area contributed by atoms with E-state index in [4.69, 9.17) is 10.5 Å². The van der Waals surface area contributed by atoms with Crippen molar-refractivity contribution in [1.29, 1.82) is 0 Å². The number of benzene rings is 1. The maximum Gasteiger partial charge on any atom is 0.329 e. The summed E-state index contributed by atoms with van der Waals surface area (Å²) < 4.78 is 5.45. The lowest BCUT2D eigenvalue weighted by Crippen LogP contribution is -2.49. The SMILES string of the molecule is CC(C)OC(=O)[C@]1(C(C)CN2C(=O)CNC(=O)c3cc(CCCCCN)ccc32)NC1(C=O)CC=O. The third-order valence-electron chi connectivity index (χ3n) is 7.00. The highest BCUT2D eigenvalue weighted by atomic mass is 16.5. The van der Waals surface area contributed by atoms with E-state index < -0.39 is 29.1 Å². The number of aryl methyl sites for hydroxylation is 1. The summed E-state index contributed by atoms with van der Waals surface area (Å²) in [5.41, 5.74) is 4.49. The molecule has 0 spiro atoms. The second-order valence-corrected chi connectivity index (χ2v) is 9.89. The third-order valence-corrected chi connectivity index (χ3v) is 7.00. The molecule has 1 fully saturated rings. The highest BCUT2D eigenvalue weighted by Gasteiger charge is 2.75. The van der Waals surface area contributed by atoms with Crippen molar-refractivity contribution >= 4 is 36.0 Å². The number of fused-ring (bicyclic) bond motifs is 1. The normalized spacial score (nSPS) is 24.0. The van der Waals surface area contributed by atoms with Crippen LogP contribution in [0.5, 0.6) is 0 Å². The van der Waals surface area contributed by atoms with Gasteiger partial charge in [-0.1, -0.05) is 19.4 Å². The van der Waals surface area contributed by atoms with E-state index in [2.05, 4.69) is 10.6 Å². The Morgan fingerprint density at radius 2 is 1.94 bits per heavy atom. The van der Waals surface area contributed by atoms with Gasteiger partial charge in [-0.2, -0.15) is 0 Å². The topological polar surface area (TPSA) is 158 Å². The number of amides is 2. The van der Waals surface area contributed by atoms with E-state index >= 15 is 0 Å². The Bertz CT molecular complexity index is 1030. The number of nitrogens with one attached hydrogen (secondary N) is 2. The molecule has 4 N–H and O–H groups in total. The Morgan fingerprint density at radius 3 is 2.58 bits per heavy atom. The quantitative estimate of drug-likeness (QED) is 0.156. The van der Waals surface area contributed by atoms with Crippen molar-refractivity contribution in [3.8, 4) is 0 Å². The van der Waals surface area contributed by atoms with Crippen LogP contribution in [-0.2, 0) is 30.3 Å². The lowest BCUT2D eigenvalue weighted by atomic mass is 9.81. The average Bonchev–Trinajstić information content (AvgIpc) is 3.55. The van der Waals surface area contributed by atoms with Crippen molar-refractivity contribution in [2.24, 2.45) is 11.7 Å². The molecule has 2 heterocycles. The maximum atomic E-state index is 13.2. The average molecular weight is 501 g/mol. The number of esters is 1. The van der Waals surface area contributed by atoms with Crippen LogP contribution in [0.1, 0.15) is 62.4 Å². The summed E-state index contributed by atoms with van der Waals surface area (Å²) in [4.78, 5) is 63.9. The minimum atomic E-state index is -1.47. The fourth-order valence-electron chi connectivity index (χ4n) is 5.04. The molecule has 1 saturated heterocycles. The summed E-state index contributed by atoms with van der Waals surface area (Å²) in [6, 6.07) is 5.44. The molecule has 10 heteroatoms. The van der Waals surface area contributed by atoms with E-state index in [1.54, 1.807) is 32.9 Å². The molecule has 0 aliphatic carbocycles. The fraction of sp³-hybridized carbons (Fsp3) is 0.577. The lowest BCUT2D eigenvalue weighted by molar-refractivity contribution is -0.153. The van der Waals surface area contributed by atoms with Crippen LogP contribution in [0.25, 0.3) is 0 Å². The summed E-state index contributed by atoms with van der Waals surface area (Å²) in [5.74, 6) is -1.96. The monoisotopic (exact) mass is 500 g/mol. The predicted octanol–water partition coefficient (Wildman–Crippen LogP) is 0.891. The largest absolute Gasteiger partial charge is 0.462 e. The molecule has 196 valence electrons. The Balaban J connectivity index is 1.92. The molecule has 0 bridgehead atoms. The smallest absolute Gasteiger partial charge is 0.329 e. The van der Waals surface area contributed by atoms with Gasteiger partial charge in [-0.05, 0) is 57.4 Å². The van der Waals surface area contributed by atoms with E-state index in [0.29, 0.717) is 30.4 Å². The first kappa shape index (κ1) is 27.5. The lowest BCUT2D eigenvalue weighted by Gasteiger charge is -2.30. The zero-order valence-electron chi connectivity index (χ0n) is 21.2. The number of aldehydes is 2. The first-order valence-electron chi connectivity index (χ1n) is 12.5. The fourth-order valence-corrected chi connectivity index (χ4v) is 5.04. The number of nitrogens with zero attached hydrogens (tertiary/aromatic N) is 1. The summed E-state index contributed by atoms with van der Waals surface area (Å²) in [5, 5.41) is 5.60. The minimum Gasteiger partial charge on any atom is -0.462 e. The molecule has 36 heavy (non-hydrogen) atoms. The van der Waals surface area contributed by atoms with Crippen molar-refractivity contribution in [1.82, 2.24) is 10.6 Å². The number of anilines is 1. The van der Waals surface area contributed by atoms with Gasteiger partial charge in [0.05, 0.1) is 23.9 Å². The molecule has 2 unspecified atom stereocenters. The van der Waals surface area contributed by atoms with Crippen LogP contribution in [-0.4, -0.2) is 67.2 Å². The Labute approximate surface area is 211 Å². The van der Waals surface area contributed by atoms with Gasteiger partial charge < -0.3 is 30.3 Å². The molecule has 3 atom stereocenters. The number of hydrogen-bond acceptors (Lipinski definition) is 8. The molecule has 0 aromatic heterocycles. The van der Waals surface area contributed by atoms with Gasteiger partial charge in [0.2, 0.25) is 5.91 Å². The van der Waals surface area contributed by atoms with Gasteiger partial charge >= 0.3 is 5.97 Å². The van der Waals surface area contributed by atoms with E-state index in [1.807, 2.05) is 6.07 Å². The van der Waals surface area contributed by atoms with Crippen LogP contribution in [0.2, 0.25) is 0 Å². The second-order valence-electron chi connectivity index (χ2n) is 9.89. The van der Waals surface area contributed by atoms with Gasteiger partial charge in [-0.3, -0.25) is 14.9 Å². The van der Waals surface area contributed by atoms with Crippen LogP contribution < -0.4 is 21.3 Å². The second kappa shape index (κ2) is 11.3. The van der Waals surface area contributed by atoms with Crippen LogP contribution in [0.15, 0.2) is 18.2 Å². The maximum absolute atomic E-state index is 13.2. The van der Waals surface area contributed by atoms with Crippen molar-refractivity contribution < 1.29 is 28.7 Å². The highest BCUT2D eigenvalue weighted by molar-refractivity contribution is 6.10. The molecule has 1 aromatic carbocycles. The van der Waals surface area contributed by atoms with Gasteiger partial charge in [-0.25, -0.2) is 4.79 Å². The van der Waals surface area contributed by atoms with Crippen LogP contribution in [0.4, 0.5) is 5.69 Å². The van der Waals surface area contributed by atoms with Crippen molar-refractivity contribution in [3.63, 3.8) is 0 Å². The van der Waals surface area contributed by atoms with Gasteiger partial charge in [0.25, 0.3) is 5.91 Å². The first-order valence-corrected chi connectivity index (χ1v) is 12.5. The zero-order valence-corrected chi connectivity index (χ0v) is 21.2. The number of hydrogen-bond donors (Lipinski definition) is 3. The Hall–Kier alpha value is -3.11. The van der Waals surface area contributed by atoms with Crippen LogP contribution in [0.3, 0.4) is 0 Å². The van der Waals surface area contributed by atoms with E-state index in [0.717, 1.165) is 31.2 Å². The molecule has 10 nitrogen and oxygen atoms in total. The first-order chi connectivity index (χ1) is 17.2. The number of unbranched alkanes of at least 4 members (excludes halogenated alkanes) is 2. The summed E-state index contributed by atoms with van der Waals surface area (Å²) in [7, 11) is 0. The van der Waals surface area contributed by atoms with E-state index in [9.17, 15) is 24.0 Å². The molecule has 0 saturated carbocycles. The third kappa shape index (κ3) is 5.19. The van der Waals surface area contributed by atoms with Crippen LogP contribution >= 0.6 is 0 Å². The molecule has 2 aliphatic rings. The molecule has 0 radical (unpaired) electrons. The standard InChI is InChI=1S/C26H36N4O6/c1-17(2)36-24(35)26(25(16-32,29-26)10-12-31)18(3)15-30-21-9-8-19(7-5-4-6-11-27)13-20(21)23(34)28-14-22(30)33/h8-9,12-13,16-18,29H,4-7,10-11,14-15,27H2,1-3H3,(H,28,34)/t18?,25?,26-/m0/s1. The number of ether oxygens (including phenoxy) is 1. The minimum absolute atomic E-state index is 0.0330. The molecule has 1 aromatic rings. The number of carbonyl (C=O) groups is 5. The summed E-state index contributed by atoms with van der Waals surface area (Å²) in [6.45, 7) is 5.59.